The summed E-state index contributed by atoms with van der Waals surface area (Å²) in [7, 11) is -3.62. The first kappa shape index (κ1) is 13.2. The Hall–Kier alpha value is -0.870. The van der Waals surface area contributed by atoms with Crippen molar-refractivity contribution in [1.82, 2.24) is 0 Å². The first-order chi connectivity index (χ1) is 7.33. The van der Waals surface area contributed by atoms with Gasteiger partial charge in [-0.1, -0.05) is 31.5 Å². The van der Waals surface area contributed by atoms with Gasteiger partial charge in [0, 0.05) is 0 Å². The molecule has 90 valence electrons. The van der Waals surface area contributed by atoms with Crippen LogP contribution < -0.4 is 0 Å². The number of hydrogen-bond acceptors (Lipinski definition) is 3. The van der Waals surface area contributed by atoms with Crippen molar-refractivity contribution in [3.63, 3.8) is 0 Å². The molecule has 0 aliphatic rings. The molecule has 1 rings (SSSR count). The highest BCUT2D eigenvalue weighted by molar-refractivity contribution is 7.86. The van der Waals surface area contributed by atoms with Gasteiger partial charge in [-0.05, 0) is 31.9 Å². The monoisotopic (exact) mass is 242 g/mol. The molecule has 0 heterocycles. The summed E-state index contributed by atoms with van der Waals surface area (Å²) in [6.45, 7) is 7.52. The molecular formula is C12H18O3S. The van der Waals surface area contributed by atoms with Crippen molar-refractivity contribution < 1.29 is 12.6 Å². The molecule has 1 aromatic carbocycles. The van der Waals surface area contributed by atoms with E-state index in [-0.39, 0.29) is 16.9 Å². The van der Waals surface area contributed by atoms with E-state index in [0.29, 0.717) is 0 Å². The molecule has 16 heavy (non-hydrogen) atoms. The predicted molar refractivity (Wildman–Crippen MR) is 63.7 cm³/mol. The normalized spacial score (nSPS) is 14.1. The van der Waals surface area contributed by atoms with E-state index < -0.39 is 10.1 Å². The Balaban J connectivity index is 2.90. The number of aryl methyl sites for hydroxylation is 1. The fourth-order valence-electron chi connectivity index (χ4n) is 1.07. The summed E-state index contributed by atoms with van der Waals surface area (Å²) in [6, 6.07) is 6.65. The molecule has 0 saturated carbocycles. The Morgan fingerprint density at radius 3 is 2.00 bits per heavy atom. The number of benzene rings is 1. The van der Waals surface area contributed by atoms with Crippen LogP contribution in [0.15, 0.2) is 29.2 Å². The van der Waals surface area contributed by atoms with Gasteiger partial charge in [0.25, 0.3) is 10.1 Å². The van der Waals surface area contributed by atoms with E-state index in [1.165, 1.54) is 0 Å². The fraction of sp³-hybridized carbons (Fsp3) is 0.500. The second-order valence-electron chi connectivity index (χ2n) is 4.31. The molecule has 0 unspecified atom stereocenters. The highest BCUT2D eigenvalue weighted by atomic mass is 32.2. The van der Waals surface area contributed by atoms with Gasteiger partial charge in [-0.2, -0.15) is 8.42 Å². The summed E-state index contributed by atoms with van der Waals surface area (Å²) in [5.41, 5.74) is 1.02. The van der Waals surface area contributed by atoms with E-state index in [9.17, 15) is 8.42 Å². The van der Waals surface area contributed by atoms with Gasteiger partial charge in [0.1, 0.15) is 0 Å². The molecule has 0 radical (unpaired) electrons. The first-order valence-corrected chi connectivity index (χ1v) is 6.73. The molecule has 0 spiro atoms. The van der Waals surface area contributed by atoms with Crippen LogP contribution in [0, 0.1) is 12.8 Å². The van der Waals surface area contributed by atoms with Crippen molar-refractivity contribution >= 4 is 10.1 Å². The average Bonchev–Trinajstić information content (AvgIpc) is 2.17. The zero-order valence-corrected chi connectivity index (χ0v) is 10.9. The van der Waals surface area contributed by atoms with Gasteiger partial charge in [-0.15, -0.1) is 0 Å². The van der Waals surface area contributed by atoms with Gasteiger partial charge in [0.15, 0.2) is 0 Å². The van der Waals surface area contributed by atoms with E-state index in [1.807, 2.05) is 20.8 Å². The second-order valence-corrected chi connectivity index (χ2v) is 5.88. The lowest BCUT2D eigenvalue weighted by molar-refractivity contribution is 0.178. The Bertz CT molecular complexity index is 432. The highest BCUT2D eigenvalue weighted by Crippen LogP contribution is 2.17. The topological polar surface area (TPSA) is 43.4 Å². The summed E-state index contributed by atoms with van der Waals surface area (Å²) < 4.78 is 28.8. The number of rotatable bonds is 4. The van der Waals surface area contributed by atoms with Crippen molar-refractivity contribution in [2.75, 3.05) is 0 Å². The van der Waals surface area contributed by atoms with E-state index in [1.54, 1.807) is 31.2 Å². The average molecular weight is 242 g/mol. The van der Waals surface area contributed by atoms with Crippen LogP contribution in [0.1, 0.15) is 26.3 Å². The largest absolute Gasteiger partial charge is 0.297 e. The molecule has 0 aliphatic heterocycles. The minimum atomic E-state index is -3.62. The maximum absolute atomic E-state index is 11.8. The fourth-order valence-corrected chi connectivity index (χ4v) is 2.27. The maximum atomic E-state index is 11.8. The van der Waals surface area contributed by atoms with Crippen molar-refractivity contribution in [2.45, 2.75) is 38.7 Å². The summed E-state index contributed by atoms with van der Waals surface area (Å²) in [5.74, 6) is 0.167. The first-order valence-electron chi connectivity index (χ1n) is 5.33. The zero-order valence-electron chi connectivity index (χ0n) is 10.1. The van der Waals surface area contributed by atoms with Gasteiger partial charge < -0.3 is 0 Å². The molecule has 0 saturated heterocycles. The smallest absolute Gasteiger partial charge is 0.263 e. The van der Waals surface area contributed by atoms with Crippen molar-refractivity contribution in [1.29, 1.82) is 0 Å². The third kappa shape index (κ3) is 3.32. The lowest BCUT2D eigenvalue weighted by Crippen LogP contribution is -2.20. The van der Waals surface area contributed by atoms with Crippen molar-refractivity contribution in [3.8, 4) is 0 Å². The minimum Gasteiger partial charge on any atom is -0.263 e. The van der Waals surface area contributed by atoms with E-state index in [0.717, 1.165) is 5.56 Å². The standard InChI is InChI=1S/C12H18O3S/c1-9(2)11(4)15-16(13,14)12-7-5-10(3)6-8-12/h5-9,11H,1-4H3/t11-/m0/s1. The maximum Gasteiger partial charge on any atom is 0.297 e. The Morgan fingerprint density at radius 1 is 1.06 bits per heavy atom. The number of hydrogen-bond donors (Lipinski definition) is 0. The second kappa shape index (κ2) is 4.97. The Labute approximate surface area is 97.6 Å². The van der Waals surface area contributed by atoms with Crippen LogP contribution in [0.25, 0.3) is 0 Å². The Kier molecular flexibility index (Phi) is 4.10. The van der Waals surface area contributed by atoms with Gasteiger partial charge in [-0.3, -0.25) is 4.18 Å². The van der Waals surface area contributed by atoms with Gasteiger partial charge >= 0.3 is 0 Å². The highest BCUT2D eigenvalue weighted by Gasteiger charge is 2.20. The van der Waals surface area contributed by atoms with Crippen LogP contribution in [-0.4, -0.2) is 14.5 Å². The van der Waals surface area contributed by atoms with E-state index in [4.69, 9.17) is 4.18 Å². The molecule has 0 aromatic heterocycles. The molecule has 1 atom stereocenters. The molecule has 0 aliphatic carbocycles. The summed E-state index contributed by atoms with van der Waals surface area (Å²) in [6.07, 6.45) is -0.314. The van der Waals surface area contributed by atoms with Crippen LogP contribution in [0.4, 0.5) is 0 Å². The quantitative estimate of drug-likeness (QED) is 0.762. The molecule has 3 nitrogen and oxygen atoms in total. The molecule has 0 amide bonds. The van der Waals surface area contributed by atoms with Crippen molar-refractivity contribution in [3.05, 3.63) is 29.8 Å². The third-order valence-corrected chi connectivity index (χ3v) is 3.93. The summed E-state index contributed by atoms with van der Waals surface area (Å²) in [4.78, 5) is 0.214. The lowest BCUT2D eigenvalue weighted by atomic mass is 10.1. The Morgan fingerprint density at radius 2 is 1.56 bits per heavy atom. The molecule has 4 heteroatoms. The molecule has 0 bridgehead atoms. The predicted octanol–water partition coefficient (Wildman–Crippen LogP) is 2.74. The molecule has 0 N–H and O–H groups in total. The zero-order chi connectivity index (χ0) is 12.3. The van der Waals surface area contributed by atoms with Crippen LogP contribution in [0.5, 0.6) is 0 Å². The minimum absolute atomic E-state index is 0.167. The van der Waals surface area contributed by atoms with Crippen LogP contribution in [0.2, 0.25) is 0 Å². The van der Waals surface area contributed by atoms with E-state index >= 15 is 0 Å². The van der Waals surface area contributed by atoms with Gasteiger partial charge in [0.2, 0.25) is 0 Å². The summed E-state index contributed by atoms with van der Waals surface area (Å²) >= 11 is 0. The van der Waals surface area contributed by atoms with Gasteiger partial charge in [-0.25, -0.2) is 0 Å². The SMILES string of the molecule is Cc1ccc(S(=O)(=O)O[C@@H](C)C(C)C)cc1. The van der Waals surface area contributed by atoms with Crippen LogP contribution in [-0.2, 0) is 14.3 Å². The van der Waals surface area contributed by atoms with E-state index in [2.05, 4.69) is 0 Å². The lowest BCUT2D eigenvalue weighted by Gasteiger charge is -2.16. The van der Waals surface area contributed by atoms with Crippen LogP contribution >= 0.6 is 0 Å². The molecular weight excluding hydrogens is 224 g/mol. The van der Waals surface area contributed by atoms with Crippen LogP contribution in [0.3, 0.4) is 0 Å². The van der Waals surface area contributed by atoms with Gasteiger partial charge in [0.05, 0.1) is 11.0 Å². The molecule has 1 aromatic rings. The third-order valence-electron chi connectivity index (χ3n) is 2.53. The van der Waals surface area contributed by atoms with Crippen molar-refractivity contribution in [2.24, 2.45) is 5.92 Å². The summed E-state index contributed by atoms with van der Waals surface area (Å²) in [5, 5.41) is 0. The molecule has 0 fully saturated rings.